The minimum Gasteiger partial charge on any atom is -0.480 e. The van der Waals surface area contributed by atoms with Crippen molar-refractivity contribution in [2.45, 2.75) is 44.6 Å². The van der Waals surface area contributed by atoms with Crippen LogP contribution in [0.15, 0.2) is 0 Å². The highest BCUT2D eigenvalue weighted by molar-refractivity contribution is 5.84. The number of nitrogens with zero attached hydrogens (tertiary/aromatic N) is 1. The zero-order valence-electron chi connectivity index (χ0n) is 8.82. The van der Waals surface area contributed by atoms with E-state index in [0.29, 0.717) is 19.4 Å². The van der Waals surface area contributed by atoms with E-state index in [1.165, 1.54) is 12.8 Å². The van der Waals surface area contributed by atoms with Gasteiger partial charge in [0.2, 0.25) is 5.91 Å². The number of likely N-dealkylation sites (tertiary alicyclic amines) is 1. The number of rotatable bonds is 4. The lowest BCUT2D eigenvalue weighted by Gasteiger charge is -2.21. The van der Waals surface area contributed by atoms with Crippen LogP contribution in [-0.4, -0.2) is 34.5 Å². The Hall–Kier alpha value is -1.06. The lowest BCUT2D eigenvalue weighted by molar-refractivity contribution is -0.148. The molecule has 1 N–H and O–H groups in total. The van der Waals surface area contributed by atoms with E-state index >= 15 is 0 Å². The first-order valence-electron chi connectivity index (χ1n) is 5.71. The number of amides is 1. The zero-order chi connectivity index (χ0) is 10.8. The second-order valence-corrected chi connectivity index (χ2v) is 4.57. The second kappa shape index (κ2) is 4.21. The van der Waals surface area contributed by atoms with Crippen LogP contribution >= 0.6 is 0 Å². The first-order chi connectivity index (χ1) is 7.18. The van der Waals surface area contributed by atoms with Gasteiger partial charge < -0.3 is 10.0 Å². The summed E-state index contributed by atoms with van der Waals surface area (Å²) in [6.07, 6.45) is 5.41. The normalized spacial score (nSPS) is 25.6. The maximum atomic E-state index is 11.8. The average Bonchev–Trinajstić information content (AvgIpc) is 2.88. The van der Waals surface area contributed by atoms with Gasteiger partial charge in [0, 0.05) is 13.0 Å². The molecule has 4 heteroatoms. The summed E-state index contributed by atoms with van der Waals surface area (Å²) in [7, 11) is 0. The smallest absolute Gasteiger partial charge is 0.326 e. The molecule has 1 heterocycles. The standard InChI is InChI=1S/C11H17NO3/c13-10(6-5-8-3-4-8)12-7-1-2-9(12)11(14)15/h8-9H,1-7H2,(H,14,15)/t9-/m0/s1. The molecule has 0 bridgehead atoms. The maximum absolute atomic E-state index is 11.8. The van der Waals surface area contributed by atoms with Crippen LogP contribution < -0.4 is 0 Å². The molecule has 2 aliphatic rings. The summed E-state index contributed by atoms with van der Waals surface area (Å²) >= 11 is 0. The van der Waals surface area contributed by atoms with Crippen molar-refractivity contribution in [2.24, 2.45) is 5.92 Å². The molecule has 2 rings (SSSR count). The molecular formula is C11H17NO3. The predicted molar refractivity (Wildman–Crippen MR) is 54.3 cm³/mol. The van der Waals surface area contributed by atoms with Gasteiger partial charge in [-0.2, -0.15) is 0 Å². The number of carboxylic acids is 1. The maximum Gasteiger partial charge on any atom is 0.326 e. The third-order valence-electron chi connectivity index (χ3n) is 3.32. The van der Waals surface area contributed by atoms with Gasteiger partial charge in [0.1, 0.15) is 6.04 Å². The molecule has 4 nitrogen and oxygen atoms in total. The van der Waals surface area contributed by atoms with Gasteiger partial charge >= 0.3 is 5.97 Å². The van der Waals surface area contributed by atoms with Crippen molar-refractivity contribution in [1.29, 1.82) is 0 Å². The first-order valence-corrected chi connectivity index (χ1v) is 5.71. The number of carbonyl (C=O) groups is 2. The Morgan fingerprint density at radius 3 is 2.60 bits per heavy atom. The molecule has 1 aliphatic heterocycles. The van der Waals surface area contributed by atoms with E-state index in [0.717, 1.165) is 18.8 Å². The molecule has 0 spiro atoms. The summed E-state index contributed by atoms with van der Waals surface area (Å²) in [6, 6.07) is -0.559. The van der Waals surface area contributed by atoms with Crippen molar-refractivity contribution in [3.8, 4) is 0 Å². The Morgan fingerprint density at radius 1 is 1.27 bits per heavy atom. The Labute approximate surface area is 89.3 Å². The van der Waals surface area contributed by atoms with Gasteiger partial charge in [-0.15, -0.1) is 0 Å². The quantitative estimate of drug-likeness (QED) is 0.761. The van der Waals surface area contributed by atoms with Gasteiger partial charge in [0.25, 0.3) is 0 Å². The molecule has 2 fully saturated rings. The van der Waals surface area contributed by atoms with E-state index in [9.17, 15) is 9.59 Å². The van der Waals surface area contributed by atoms with E-state index in [2.05, 4.69) is 0 Å². The van der Waals surface area contributed by atoms with E-state index < -0.39 is 12.0 Å². The number of hydrogen-bond acceptors (Lipinski definition) is 2. The van der Waals surface area contributed by atoms with Gasteiger partial charge in [-0.1, -0.05) is 12.8 Å². The second-order valence-electron chi connectivity index (χ2n) is 4.57. The van der Waals surface area contributed by atoms with Crippen molar-refractivity contribution in [1.82, 2.24) is 4.90 Å². The highest BCUT2D eigenvalue weighted by Crippen LogP contribution is 2.34. The fraction of sp³-hybridized carbons (Fsp3) is 0.818. The van der Waals surface area contributed by atoms with Gasteiger partial charge in [-0.05, 0) is 25.2 Å². The van der Waals surface area contributed by atoms with Crippen LogP contribution in [0.2, 0.25) is 0 Å². The third kappa shape index (κ3) is 2.49. The zero-order valence-corrected chi connectivity index (χ0v) is 8.82. The predicted octanol–water partition coefficient (Wildman–Crippen LogP) is 1.25. The molecular weight excluding hydrogens is 194 g/mol. The van der Waals surface area contributed by atoms with Crippen molar-refractivity contribution >= 4 is 11.9 Å². The number of hydrogen-bond donors (Lipinski definition) is 1. The van der Waals surface area contributed by atoms with Crippen molar-refractivity contribution in [3.05, 3.63) is 0 Å². The number of aliphatic carboxylic acids is 1. The van der Waals surface area contributed by atoms with Gasteiger partial charge in [-0.3, -0.25) is 4.79 Å². The summed E-state index contributed by atoms with van der Waals surface area (Å²) < 4.78 is 0. The highest BCUT2D eigenvalue weighted by atomic mass is 16.4. The molecule has 15 heavy (non-hydrogen) atoms. The minimum absolute atomic E-state index is 0.0341. The molecule has 0 aromatic rings. The fourth-order valence-electron chi connectivity index (χ4n) is 2.20. The monoisotopic (exact) mass is 211 g/mol. The molecule has 0 aromatic heterocycles. The largest absolute Gasteiger partial charge is 0.480 e. The topological polar surface area (TPSA) is 57.6 Å². The Bertz CT molecular complexity index is 273. The van der Waals surface area contributed by atoms with Gasteiger partial charge in [0.15, 0.2) is 0 Å². The van der Waals surface area contributed by atoms with E-state index in [4.69, 9.17) is 5.11 Å². The van der Waals surface area contributed by atoms with Crippen LogP contribution in [0.5, 0.6) is 0 Å². The van der Waals surface area contributed by atoms with Crippen molar-refractivity contribution < 1.29 is 14.7 Å². The Balaban J connectivity index is 1.84. The minimum atomic E-state index is -0.854. The van der Waals surface area contributed by atoms with E-state index in [1.807, 2.05) is 0 Å². The van der Waals surface area contributed by atoms with Crippen molar-refractivity contribution in [2.75, 3.05) is 6.54 Å². The Kier molecular flexibility index (Phi) is 2.93. The third-order valence-corrected chi connectivity index (χ3v) is 3.32. The Morgan fingerprint density at radius 2 is 2.00 bits per heavy atom. The lowest BCUT2D eigenvalue weighted by Crippen LogP contribution is -2.40. The molecule has 1 saturated heterocycles. The SMILES string of the molecule is O=C(O)[C@@H]1CCCN1C(=O)CCC1CC1. The van der Waals surface area contributed by atoms with Crippen LogP contribution in [0.3, 0.4) is 0 Å². The lowest BCUT2D eigenvalue weighted by atomic mass is 10.2. The van der Waals surface area contributed by atoms with Crippen LogP contribution in [-0.2, 0) is 9.59 Å². The number of carbonyl (C=O) groups excluding carboxylic acids is 1. The summed E-state index contributed by atoms with van der Waals surface area (Å²) in [5.74, 6) is -0.0843. The molecule has 1 atom stereocenters. The summed E-state index contributed by atoms with van der Waals surface area (Å²) in [5, 5.41) is 8.93. The van der Waals surface area contributed by atoms with Crippen LogP contribution in [0.4, 0.5) is 0 Å². The van der Waals surface area contributed by atoms with Crippen molar-refractivity contribution in [3.63, 3.8) is 0 Å². The summed E-state index contributed by atoms with van der Waals surface area (Å²) in [4.78, 5) is 24.2. The van der Waals surface area contributed by atoms with Crippen LogP contribution in [0.1, 0.15) is 38.5 Å². The van der Waals surface area contributed by atoms with Gasteiger partial charge in [0.05, 0.1) is 0 Å². The van der Waals surface area contributed by atoms with Gasteiger partial charge in [-0.25, -0.2) is 4.79 Å². The first kappa shape index (κ1) is 10.5. The van der Waals surface area contributed by atoms with E-state index in [-0.39, 0.29) is 5.91 Å². The molecule has 1 aliphatic carbocycles. The highest BCUT2D eigenvalue weighted by Gasteiger charge is 2.34. The fourth-order valence-corrected chi connectivity index (χ4v) is 2.20. The molecule has 0 aromatic carbocycles. The van der Waals surface area contributed by atoms with E-state index in [1.54, 1.807) is 4.90 Å². The molecule has 0 radical (unpaired) electrons. The molecule has 1 amide bonds. The number of carboxylic acid groups (broad SMARTS) is 1. The molecule has 84 valence electrons. The summed E-state index contributed by atoms with van der Waals surface area (Å²) in [5.41, 5.74) is 0. The average molecular weight is 211 g/mol. The molecule has 1 saturated carbocycles. The molecule has 0 unspecified atom stereocenters. The summed E-state index contributed by atoms with van der Waals surface area (Å²) in [6.45, 7) is 0.625. The van der Waals surface area contributed by atoms with Crippen LogP contribution in [0.25, 0.3) is 0 Å². The van der Waals surface area contributed by atoms with Crippen LogP contribution in [0, 0.1) is 5.92 Å².